The number of nitrogens with zero attached hydrogens (tertiary/aromatic N) is 3. The van der Waals surface area contributed by atoms with Gasteiger partial charge in [0.25, 0.3) is 0 Å². The summed E-state index contributed by atoms with van der Waals surface area (Å²) in [6.45, 7) is 0. The van der Waals surface area contributed by atoms with E-state index >= 15 is 0 Å². The predicted molar refractivity (Wildman–Crippen MR) is 256 cm³/mol. The molecule has 0 saturated carbocycles. The molecule has 3 nitrogen and oxygen atoms in total. The number of thiophene rings is 1. The molecule has 0 radical (unpaired) electrons. The first-order chi connectivity index (χ1) is 30.7. The topological polar surface area (TPSA) is 38.7 Å². The molecule has 0 N–H and O–H groups in total. The monoisotopic (exact) mass is 805 g/mol. The van der Waals surface area contributed by atoms with Crippen LogP contribution in [0.1, 0.15) is 22.3 Å². The van der Waals surface area contributed by atoms with Crippen molar-refractivity contribution < 1.29 is 0 Å². The molecule has 13 rings (SSSR count). The smallest absolute Gasteiger partial charge is 0.164 e. The lowest BCUT2D eigenvalue weighted by Crippen LogP contribution is -2.26. The average molecular weight is 806 g/mol. The van der Waals surface area contributed by atoms with E-state index in [1.54, 1.807) is 0 Å². The van der Waals surface area contributed by atoms with Gasteiger partial charge in [0.1, 0.15) is 0 Å². The second kappa shape index (κ2) is 13.6. The molecule has 0 fully saturated rings. The van der Waals surface area contributed by atoms with Crippen molar-refractivity contribution in [1.82, 2.24) is 15.0 Å². The molecule has 2 aliphatic carbocycles. The van der Waals surface area contributed by atoms with E-state index in [2.05, 4.69) is 176 Å². The van der Waals surface area contributed by atoms with Crippen LogP contribution in [-0.4, -0.2) is 15.0 Å². The van der Waals surface area contributed by atoms with E-state index in [0.29, 0.717) is 17.5 Å². The number of rotatable bonds is 5. The van der Waals surface area contributed by atoms with Gasteiger partial charge in [-0.1, -0.05) is 188 Å². The fraction of sp³-hybridized carbons (Fsp3) is 0.0172. The average Bonchev–Trinajstić information content (AvgIpc) is 3.98. The van der Waals surface area contributed by atoms with Gasteiger partial charge in [-0.25, -0.2) is 15.0 Å². The molecule has 11 aromatic rings. The van der Waals surface area contributed by atoms with Crippen molar-refractivity contribution in [2.24, 2.45) is 0 Å². The highest BCUT2D eigenvalue weighted by Gasteiger charge is 2.52. The van der Waals surface area contributed by atoms with Crippen LogP contribution in [0.25, 0.3) is 98.8 Å². The molecule has 0 aliphatic heterocycles. The molecule has 1 spiro atoms. The minimum atomic E-state index is -0.424. The van der Waals surface area contributed by atoms with Crippen molar-refractivity contribution in [2.45, 2.75) is 5.41 Å². The van der Waals surface area contributed by atoms with Crippen LogP contribution in [0.15, 0.2) is 212 Å². The van der Waals surface area contributed by atoms with Crippen LogP contribution in [0.4, 0.5) is 0 Å². The SMILES string of the molecule is c1ccc(-c2nc(-c3ccccc3)nc(-c3cccc4sc5ccc(-c6cccc(-c7cccc8c7C7(c9ccccc9-c9ccccc97)c7ccccc7-8)c6)cc5c34)n2)cc1. The van der Waals surface area contributed by atoms with Crippen LogP contribution in [0.5, 0.6) is 0 Å². The zero-order valence-electron chi connectivity index (χ0n) is 33.5. The van der Waals surface area contributed by atoms with Crippen LogP contribution in [0.2, 0.25) is 0 Å². The Labute approximate surface area is 363 Å². The third kappa shape index (κ3) is 5.08. The third-order valence-corrected chi connectivity index (χ3v) is 14.1. The summed E-state index contributed by atoms with van der Waals surface area (Å²) in [5.41, 5.74) is 18.0. The Kier molecular flexibility index (Phi) is 7.69. The van der Waals surface area contributed by atoms with Crippen molar-refractivity contribution in [3.63, 3.8) is 0 Å². The van der Waals surface area contributed by atoms with Gasteiger partial charge in [-0.15, -0.1) is 11.3 Å². The molecule has 2 aliphatic rings. The first-order valence-electron chi connectivity index (χ1n) is 21.1. The number of hydrogen-bond acceptors (Lipinski definition) is 4. The highest BCUT2D eigenvalue weighted by molar-refractivity contribution is 7.26. The Balaban J connectivity index is 0.983. The van der Waals surface area contributed by atoms with Crippen LogP contribution in [0.3, 0.4) is 0 Å². The maximum absolute atomic E-state index is 5.15. The zero-order valence-corrected chi connectivity index (χ0v) is 34.3. The van der Waals surface area contributed by atoms with Gasteiger partial charge in [-0.2, -0.15) is 0 Å². The molecule has 0 unspecified atom stereocenters. The van der Waals surface area contributed by atoms with E-state index in [-0.39, 0.29) is 0 Å². The lowest BCUT2D eigenvalue weighted by atomic mass is 9.68. The molecule has 2 heterocycles. The highest BCUT2D eigenvalue weighted by Crippen LogP contribution is 2.64. The Morgan fingerprint density at radius 3 is 1.44 bits per heavy atom. The van der Waals surface area contributed by atoms with Crippen LogP contribution in [0, 0.1) is 0 Å². The molecule has 288 valence electrons. The van der Waals surface area contributed by atoms with E-state index in [1.807, 2.05) is 47.7 Å². The second-order valence-corrected chi connectivity index (χ2v) is 17.3. The lowest BCUT2D eigenvalue weighted by molar-refractivity contribution is 0.796. The summed E-state index contributed by atoms with van der Waals surface area (Å²) in [6.07, 6.45) is 0. The van der Waals surface area contributed by atoms with Crippen molar-refractivity contribution >= 4 is 31.5 Å². The molecule has 2 aromatic heterocycles. The summed E-state index contributed by atoms with van der Waals surface area (Å²) in [6, 6.07) is 76.9. The van der Waals surface area contributed by atoms with Gasteiger partial charge in [-0.3, -0.25) is 0 Å². The minimum Gasteiger partial charge on any atom is -0.208 e. The normalized spacial score (nSPS) is 13.0. The van der Waals surface area contributed by atoms with Gasteiger partial charge >= 0.3 is 0 Å². The van der Waals surface area contributed by atoms with Crippen LogP contribution in [-0.2, 0) is 5.41 Å². The van der Waals surface area contributed by atoms with Crippen LogP contribution >= 0.6 is 11.3 Å². The molecule has 0 bridgehead atoms. The Bertz CT molecular complexity index is 3470. The predicted octanol–water partition coefficient (Wildman–Crippen LogP) is 14.9. The number of fused-ring (bicyclic) bond motifs is 13. The van der Waals surface area contributed by atoms with Crippen LogP contribution < -0.4 is 0 Å². The largest absolute Gasteiger partial charge is 0.208 e. The van der Waals surface area contributed by atoms with Crippen molar-refractivity contribution in [2.75, 3.05) is 0 Å². The van der Waals surface area contributed by atoms with Gasteiger partial charge in [-0.05, 0) is 91.0 Å². The summed E-state index contributed by atoms with van der Waals surface area (Å²) in [5, 5.41) is 2.36. The van der Waals surface area contributed by atoms with Gasteiger partial charge in [0.2, 0.25) is 0 Å². The van der Waals surface area contributed by atoms with Crippen molar-refractivity contribution in [3.8, 4) is 78.7 Å². The van der Waals surface area contributed by atoms with Gasteiger partial charge in [0.15, 0.2) is 17.5 Å². The first kappa shape index (κ1) is 35.0. The fourth-order valence-electron chi connectivity index (χ4n) is 10.4. The molecule has 62 heavy (non-hydrogen) atoms. The van der Waals surface area contributed by atoms with E-state index in [9.17, 15) is 0 Å². The molecule has 0 atom stereocenters. The van der Waals surface area contributed by atoms with E-state index < -0.39 is 5.41 Å². The summed E-state index contributed by atoms with van der Waals surface area (Å²) in [5.74, 6) is 1.98. The molecule has 9 aromatic carbocycles. The number of aromatic nitrogens is 3. The van der Waals surface area contributed by atoms with Crippen molar-refractivity contribution in [3.05, 3.63) is 235 Å². The Hall–Kier alpha value is -7.79. The summed E-state index contributed by atoms with van der Waals surface area (Å²) in [4.78, 5) is 15.3. The van der Waals surface area contributed by atoms with E-state index in [4.69, 9.17) is 15.0 Å². The zero-order chi connectivity index (χ0) is 40.8. The van der Waals surface area contributed by atoms with Crippen molar-refractivity contribution in [1.29, 1.82) is 0 Å². The van der Waals surface area contributed by atoms with E-state index in [0.717, 1.165) is 22.1 Å². The quantitative estimate of drug-likeness (QED) is 0.174. The number of benzene rings is 9. The van der Waals surface area contributed by atoms with Gasteiger partial charge < -0.3 is 0 Å². The van der Waals surface area contributed by atoms with Gasteiger partial charge in [0.05, 0.1) is 5.41 Å². The molecular formula is C58H35N3S. The molecule has 0 saturated heterocycles. The van der Waals surface area contributed by atoms with E-state index in [1.165, 1.54) is 81.5 Å². The first-order valence-corrected chi connectivity index (χ1v) is 21.9. The molecule has 0 amide bonds. The number of hydrogen-bond donors (Lipinski definition) is 0. The molecule has 4 heteroatoms. The lowest BCUT2D eigenvalue weighted by Gasteiger charge is -2.32. The Morgan fingerprint density at radius 2 is 0.774 bits per heavy atom. The maximum Gasteiger partial charge on any atom is 0.164 e. The standard InChI is InChI=1S/C58H35N3S/c1-3-16-36(17-4-1)55-59-56(37-18-5-2-6-19-37)61-57(60-55)46-27-15-31-52-53(46)47-35-39(32-33-51(47)62-52)38-20-13-21-40(34-38)41-25-14-26-45-44-24-9-12-30-50(44)58(54(41)45)48-28-10-7-22-42(48)43-23-8-11-29-49(43)58/h1-35H. The maximum atomic E-state index is 5.15. The summed E-state index contributed by atoms with van der Waals surface area (Å²) in [7, 11) is 0. The van der Waals surface area contributed by atoms with Gasteiger partial charge in [0, 0.05) is 36.9 Å². The summed E-state index contributed by atoms with van der Waals surface area (Å²) < 4.78 is 2.43. The summed E-state index contributed by atoms with van der Waals surface area (Å²) >= 11 is 1.81. The Morgan fingerprint density at radius 1 is 0.306 bits per heavy atom. The second-order valence-electron chi connectivity index (χ2n) is 16.2. The highest BCUT2D eigenvalue weighted by atomic mass is 32.1. The minimum absolute atomic E-state index is 0.424. The third-order valence-electron chi connectivity index (χ3n) is 13.0. The fourth-order valence-corrected chi connectivity index (χ4v) is 11.5. The molecular weight excluding hydrogens is 771 g/mol.